The third-order valence-electron chi connectivity index (χ3n) is 2.34. The molecule has 2 rings (SSSR count). The first-order chi connectivity index (χ1) is 8.00. The Bertz CT molecular complexity index is 587. The normalized spacial score (nSPS) is 10.6. The second kappa shape index (κ2) is 4.63. The van der Waals surface area contributed by atoms with E-state index in [2.05, 4.69) is 15.9 Å². The van der Waals surface area contributed by atoms with Crippen LogP contribution in [0.25, 0.3) is 11.1 Å². The Kier molecular flexibility index (Phi) is 3.35. The van der Waals surface area contributed by atoms with Crippen LogP contribution in [0.15, 0.2) is 34.8 Å². The molecule has 0 atom stereocenters. The Hall–Kier alpha value is -1.13. The summed E-state index contributed by atoms with van der Waals surface area (Å²) in [5, 5.41) is -0.0220. The van der Waals surface area contributed by atoms with E-state index in [0.29, 0.717) is 10.0 Å². The maximum Gasteiger partial charge on any atom is 0.150 e. The molecule has 88 valence electrons. The molecule has 0 heterocycles. The standard InChI is InChI=1S/C12H7BrClF2N/c13-9-4-3-8(12(16)11(9)14)7-2-1-6(15)5-10(7)17/h1-5H,17H2. The lowest BCUT2D eigenvalue weighted by atomic mass is 10.0. The minimum absolute atomic E-state index is 0.0220. The minimum Gasteiger partial charge on any atom is -0.398 e. The van der Waals surface area contributed by atoms with Crippen LogP contribution >= 0.6 is 27.5 Å². The molecule has 0 radical (unpaired) electrons. The van der Waals surface area contributed by atoms with Crippen molar-refractivity contribution in [3.8, 4) is 11.1 Å². The largest absolute Gasteiger partial charge is 0.398 e. The zero-order valence-electron chi connectivity index (χ0n) is 8.48. The van der Waals surface area contributed by atoms with Gasteiger partial charge in [-0.05, 0) is 40.2 Å². The number of benzene rings is 2. The SMILES string of the molecule is Nc1cc(F)ccc1-c1ccc(Br)c(Cl)c1F. The van der Waals surface area contributed by atoms with E-state index in [1.165, 1.54) is 18.2 Å². The number of rotatable bonds is 1. The molecule has 0 aliphatic heterocycles. The summed E-state index contributed by atoms with van der Waals surface area (Å²) in [6, 6.07) is 6.94. The Labute approximate surface area is 110 Å². The average molecular weight is 319 g/mol. The quantitative estimate of drug-likeness (QED) is 0.602. The van der Waals surface area contributed by atoms with Crippen molar-refractivity contribution in [2.75, 3.05) is 5.73 Å². The predicted octanol–water partition coefficient (Wildman–Crippen LogP) is 4.63. The lowest BCUT2D eigenvalue weighted by molar-refractivity contribution is 0.626. The van der Waals surface area contributed by atoms with E-state index in [1.807, 2.05) is 0 Å². The zero-order chi connectivity index (χ0) is 12.6. The van der Waals surface area contributed by atoms with Crippen LogP contribution in [-0.2, 0) is 0 Å². The molecule has 2 aromatic rings. The van der Waals surface area contributed by atoms with Crippen molar-refractivity contribution in [3.63, 3.8) is 0 Å². The first-order valence-electron chi connectivity index (χ1n) is 4.69. The van der Waals surface area contributed by atoms with Gasteiger partial charge in [-0.25, -0.2) is 8.78 Å². The number of anilines is 1. The van der Waals surface area contributed by atoms with Gasteiger partial charge in [0.15, 0.2) is 5.82 Å². The van der Waals surface area contributed by atoms with E-state index in [9.17, 15) is 8.78 Å². The van der Waals surface area contributed by atoms with Gasteiger partial charge in [-0.1, -0.05) is 17.7 Å². The molecule has 0 unspecified atom stereocenters. The molecule has 0 saturated carbocycles. The molecule has 1 nitrogen and oxygen atoms in total. The minimum atomic E-state index is -0.584. The summed E-state index contributed by atoms with van der Waals surface area (Å²) in [5.74, 6) is -1.05. The van der Waals surface area contributed by atoms with Gasteiger partial charge in [0, 0.05) is 21.3 Å². The molecule has 2 N–H and O–H groups in total. The van der Waals surface area contributed by atoms with Gasteiger partial charge in [0.1, 0.15) is 5.82 Å². The lowest BCUT2D eigenvalue weighted by Gasteiger charge is -2.09. The molecule has 0 fully saturated rings. The Morgan fingerprint density at radius 2 is 1.71 bits per heavy atom. The van der Waals surface area contributed by atoms with E-state index in [4.69, 9.17) is 17.3 Å². The molecule has 0 spiro atoms. The van der Waals surface area contributed by atoms with Crippen molar-refractivity contribution < 1.29 is 8.78 Å². The van der Waals surface area contributed by atoms with Gasteiger partial charge in [0.25, 0.3) is 0 Å². The Balaban J connectivity index is 2.65. The molecule has 2 aromatic carbocycles. The van der Waals surface area contributed by atoms with Gasteiger partial charge in [-0.15, -0.1) is 0 Å². The van der Waals surface area contributed by atoms with Crippen LogP contribution in [0.2, 0.25) is 5.02 Å². The van der Waals surface area contributed by atoms with Crippen molar-refractivity contribution in [2.24, 2.45) is 0 Å². The van der Waals surface area contributed by atoms with E-state index in [-0.39, 0.29) is 16.3 Å². The van der Waals surface area contributed by atoms with Crippen molar-refractivity contribution in [3.05, 3.63) is 51.5 Å². The van der Waals surface area contributed by atoms with Gasteiger partial charge < -0.3 is 5.73 Å². The summed E-state index contributed by atoms with van der Waals surface area (Å²) >= 11 is 8.90. The molecular weight excluding hydrogens is 311 g/mol. The van der Waals surface area contributed by atoms with E-state index in [1.54, 1.807) is 6.07 Å². The fraction of sp³-hybridized carbons (Fsp3) is 0. The van der Waals surface area contributed by atoms with Crippen molar-refractivity contribution in [2.45, 2.75) is 0 Å². The molecule has 0 amide bonds. The average Bonchev–Trinajstić information content (AvgIpc) is 2.28. The molecule has 5 heteroatoms. The van der Waals surface area contributed by atoms with Crippen molar-refractivity contribution in [1.29, 1.82) is 0 Å². The molecule has 0 aliphatic carbocycles. The highest BCUT2D eigenvalue weighted by Gasteiger charge is 2.14. The van der Waals surface area contributed by atoms with Gasteiger partial charge in [0.05, 0.1) is 5.02 Å². The number of nitrogen functional groups attached to an aromatic ring is 1. The fourth-order valence-corrected chi connectivity index (χ4v) is 1.98. The summed E-state index contributed by atoms with van der Waals surface area (Å²) in [6.45, 7) is 0. The Morgan fingerprint density at radius 1 is 1.06 bits per heavy atom. The van der Waals surface area contributed by atoms with Crippen molar-refractivity contribution >= 4 is 33.2 Å². The molecule has 0 saturated heterocycles. The van der Waals surface area contributed by atoms with Crippen LogP contribution in [0.4, 0.5) is 14.5 Å². The van der Waals surface area contributed by atoms with E-state index in [0.717, 1.165) is 6.07 Å². The van der Waals surface area contributed by atoms with Crippen molar-refractivity contribution in [1.82, 2.24) is 0 Å². The third-order valence-corrected chi connectivity index (χ3v) is 3.60. The maximum atomic E-state index is 13.9. The van der Waals surface area contributed by atoms with Crippen LogP contribution < -0.4 is 5.73 Å². The summed E-state index contributed by atoms with van der Waals surface area (Å²) in [6.07, 6.45) is 0. The highest BCUT2D eigenvalue weighted by Crippen LogP contribution is 2.35. The third kappa shape index (κ3) is 2.28. The van der Waals surface area contributed by atoms with Crippen LogP contribution in [0.3, 0.4) is 0 Å². The molecule has 0 bridgehead atoms. The lowest BCUT2D eigenvalue weighted by Crippen LogP contribution is -1.94. The van der Waals surface area contributed by atoms with E-state index < -0.39 is 11.6 Å². The number of hydrogen-bond acceptors (Lipinski definition) is 1. The topological polar surface area (TPSA) is 26.0 Å². The molecule has 0 aromatic heterocycles. The van der Waals surface area contributed by atoms with Gasteiger partial charge in [0.2, 0.25) is 0 Å². The summed E-state index contributed by atoms with van der Waals surface area (Å²) in [7, 11) is 0. The van der Waals surface area contributed by atoms with Crippen LogP contribution in [0, 0.1) is 11.6 Å². The zero-order valence-corrected chi connectivity index (χ0v) is 10.8. The van der Waals surface area contributed by atoms with Crippen LogP contribution in [0.1, 0.15) is 0 Å². The van der Waals surface area contributed by atoms with Crippen LogP contribution in [0.5, 0.6) is 0 Å². The monoisotopic (exact) mass is 317 g/mol. The second-order valence-electron chi connectivity index (χ2n) is 3.45. The smallest absolute Gasteiger partial charge is 0.150 e. The van der Waals surface area contributed by atoms with Gasteiger partial charge in [-0.2, -0.15) is 0 Å². The highest BCUT2D eigenvalue weighted by atomic mass is 79.9. The summed E-state index contributed by atoms with van der Waals surface area (Å²) in [4.78, 5) is 0. The molecule has 0 aliphatic rings. The predicted molar refractivity (Wildman–Crippen MR) is 68.9 cm³/mol. The molecular formula is C12H7BrClF2N. The van der Waals surface area contributed by atoms with Gasteiger partial charge >= 0.3 is 0 Å². The van der Waals surface area contributed by atoms with E-state index >= 15 is 0 Å². The van der Waals surface area contributed by atoms with Crippen LogP contribution in [-0.4, -0.2) is 0 Å². The maximum absolute atomic E-state index is 13.9. The highest BCUT2D eigenvalue weighted by molar-refractivity contribution is 9.10. The number of halogens is 4. The first kappa shape index (κ1) is 12.3. The fourth-order valence-electron chi connectivity index (χ4n) is 1.51. The second-order valence-corrected chi connectivity index (χ2v) is 4.69. The molecule has 17 heavy (non-hydrogen) atoms. The summed E-state index contributed by atoms with van der Waals surface area (Å²) in [5.41, 5.74) is 6.48. The summed E-state index contributed by atoms with van der Waals surface area (Å²) < 4.78 is 27.3. The first-order valence-corrected chi connectivity index (χ1v) is 5.86. The van der Waals surface area contributed by atoms with Gasteiger partial charge in [-0.3, -0.25) is 0 Å². The Morgan fingerprint density at radius 3 is 2.35 bits per heavy atom. The number of hydrogen-bond donors (Lipinski definition) is 1. The number of nitrogens with two attached hydrogens (primary N) is 1.